The van der Waals surface area contributed by atoms with Gasteiger partial charge in [0, 0.05) is 44.3 Å². The van der Waals surface area contributed by atoms with E-state index in [0.29, 0.717) is 43.7 Å². The number of amides is 1. The van der Waals surface area contributed by atoms with Crippen molar-refractivity contribution in [1.29, 1.82) is 0 Å². The number of hydrogen-bond donors (Lipinski definition) is 0. The summed E-state index contributed by atoms with van der Waals surface area (Å²) in [5, 5.41) is 0. The highest BCUT2D eigenvalue weighted by molar-refractivity contribution is 6.02. The van der Waals surface area contributed by atoms with E-state index in [9.17, 15) is 14.4 Å². The molecule has 0 bridgehead atoms. The van der Waals surface area contributed by atoms with Crippen molar-refractivity contribution in [3.05, 3.63) is 63.7 Å². The minimum atomic E-state index is -0.528. The van der Waals surface area contributed by atoms with Crippen molar-refractivity contribution < 1.29 is 19.1 Å². The van der Waals surface area contributed by atoms with Gasteiger partial charge in [0.1, 0.15) is 11.4 Å². The quantitative estimate of drug-likeness (QED) is 0.592. The monoisotopic (exact) mass is 459 g/mol. The highest BCUT2D eigenvalue weighted by Gasteiger charge is 2.44. The molecule has 0 unspecified atom stereocenters. The number of ketones is 2. The topological polar surface area (TPSA) is 63.7 Å². The van der Waals surface area contributed by atoms with Gasteiger partial charge in [0.25, 0.3) is 0 Å². The van der Waals surface area contributed by atoms with E-state index in [1.807, 2.05) is 43.0 Å². The molecule has 0 N–H and O–H groups in total. The number of ether oxygens (including phenoxy) is 1. The summed E-state index contributed by atoms with van der Waals surface area (Å²) in [4.78, 5) is 40.3. The number of rotatable bonds is 4. The maximum absolute atomic E-state index is 12.9. The molecule has 3 aliphatic rings. The van der Waals surface area contributed by atoms with Gasteiger partial charge in [-0.15, -0.1) is 0 Å². The first-order valence-corrected chi connectivity index (χ1v) is 12.6. The fraction of sp³-hybridized carbons (Fsp3) is 0.483. The zero-order valence-electron chi connectivity index (χ0n) is 20.2. The van der Waals surface area contributed by atoms with Crippen molar-refractivity contribution in [2.45, 2.75) is 77.2 Å². The molecular formula is C29H33NO4. The number of Topliss-reactive ketones (excluding diaryl/α,β-unsaturated/α-hetero) is 2. The van der Waals surface area contributed by atoms with Crippen LogP contribution in [0.1, 0.15) is 87.9 Å². The number of aryl methyl sites for hydroxylation is 4. The highest BCUT2D eigenvalue weighted by atomic mass is 16.5. The van der Waals surface area contributed by atoms with E-state index in [1.165, 1.54) is 24.0 Å². The van der Waals surface area contributed by atoms with Crippen LogP contribution < -0.4 is 4.74 Å². The molecule has 5 rings (SSSR count). The van der Waals surface area contributed by atoms with Crippen LogP contribution in [0.15, 0.2) is 30.3 Å². The first-order chi connectivity index (χ1) is 16.3. The molecule has 5 heteroatoms. The number of hydrogen-bond acceptors (Lipinski definition) is 4. The highest BCUT2D eigenvalue weighted by Crippen LogP contribution is 2.41. The van der Waals surface area contributed by atoms with Crippen LogP contribution in [0.4, 0.5) is 0 Å². The molecule has 1 amide bonds. The van der Waals surface area contributed by atoms with Crippen LogP contribution in [0.5, 0.6) is 5.75 Å². The predicted molar refractivity (Wildman–Crippen MR) is 131 cm³/mol. The lowest BCUT2D eigenvalue weighted by Gasteiger charge is -2.44. The second-order valence-corrected chi connectivity index (χ2v) is 10.3. The van der Waals surface area contributed by atoms with Crippen LogP contribution in [-0.2, 0) is 17.6 Å². The maximum atomic E-state index is 12.9. The van der Waals surface area contributed by atoms with Gasteiger partial charge >= 0.3 is 0 Å². The molecule has 2 heterocycles. The summed E-state index contributed by atoms with van der Waals surface area (Å²) in [6, 6.07) is 10.0. The second-order valence-electron chi connectivity index (χ2n) is 10.3. The largest absolute Gasteiger partial charge is 0.486 e. The fourth-order valence-corrected chi connectivity index (χ4v) is 5.89. The minimum absolute atomic E-state index is 0.00962. The van der Waals surface area contributed by atoms with Gasteiger partial charge in [0.05, 0.1) is 12.0 Å². The lowest BCUT2D eigenvalue weighted by atomic mass is 9.81. The van der Waals surface area contributed by atoms with Crippen LogP contribution in [0.25, 0.3) is 0 Å². The third-order valence-corrected chi connectivity index (χ3v) is 7.80. The average molecular weight is 460 g/mol. The summed E-state index contributed by atoms with van der Waals surface area (Å²) in [7, 11) is 0. The Bertz CT molecular complexity index is 1160. The van der Waals surface area contributed by atoms with Gasteiger partial charge in [-0.3, -0.25) is 14.4 Å². The molecule has 2 aromatic rings. The summed E-state index contributed by atoms with van der Waals surface area (Å²) in [5.74, 6) is 0.868. The Kier molecular flexibility index (Phi) is 6.05. The van der Waals surface area contributed by atoms with Gasteiger partial charge in [-0.2, -0.15) is 0 Å². The molecule has 178 valence electrons. The molecule has 1 fully saturated rings. The van der Waals surface area contributed by atoms with E-state index in [0.717, 1.165) is 29.5 Å². The Balaban J connectivity index is 1.17. The van der Waals surface area contributed by atoms with Crippen molar-refractivity contribution in [1.82, 2.24) is 4.90 Å². The van der Waals surface area contributed by atoms with E-state index in [1.54, 1.807) is 0 Å². The van der Waals surface area contributed by atoms with Crippen LogP contribution in [0, 0.1) is 13.8 Å². The second kappa shape index (κ2) is 9.01. The molecule has 1 aliphatic carbocycles. The third kappa shape index (κ3) is 4.40. The zero-order chi connectivity index (χ0) is 23.9. The third-order valence-electron chi connectivity index (χ3n) is 7.80. The van der Waals surface area contributed by atoms with E-state index >= 15 is 0 Å². The Labute approximate surface area is 201 Å². The molecule has 34 heavy (non-hydrogen) atoms. The molecule has 0 saturated carbocycles. The van der Waals surface area contributed by atoms with Gasteiger partial charge in [0.2, 0.25) is 5.91 Å². The van der Waals surface area contributed by atoms with E-state index in [-0.39, 0.29) is 30.3 Å². The first-order valence-electron chi connectivity index (χ1n) is 12.6. The molecule has 0 radical (unpaired) electrons. The number of piperidine rings is 1. The van der Waals surface area contributed by atoms with Crippen molar-refractivity contribution in [2.75, 3.05) is 13.1 Å². The Hall–Kier alpha value is -2.95. The summed E-state index contributed by atoms with van der Waals surface area (Å²) in [6.45, 7) is 5.07. The number of fused-ring (bicyclic) bond motifs is 2. The summed E-state index contributed by atoms with van der Waals surface area (Å²) in [6.07, 6.45) is 6.63. The molecule has 2 aliphatic heterocycles. The van der Waals surface area contributed by atoms with E-state index < -0.39 is 5.60 Å². The Morgan fingerprint density at radius 1 is 0.971 bits per heavy atom. The molecule has 0 aromatic heterocycles. The maximum Gasteiger partial charge on any atom is 0.223 e. The SMILES string of the molecule is Cc1cc(C)c2c(c1)OC1(CCN(C(=O)CCC(=O)c3ccc4c(c3)CCCC4)CC1)CC2=O. The lowest BCUT2D eigenvalue weighted by molar-refractivity contribution is -0.134. The standard InChI is InChI=1S/C29H33NO4/c1-19-15-20(2)28-25(32)18-29(34-26(28)16-19)11-13-30(14-12-29)27(33)10-9-24(31)23-8-7-21-5-3-4-6-22(21)17-23/h7-8,15-17H,3-6,9-14,18H2,1-2H3. The number of likely N-dealkylation sites (tertiary alicyclic amines) is 1. The fourth-order valence-electron chi connectivity index (χ4n) is 5.89. The molecule has 1 saturated heterocycles. The normalized spacial score (nSPS) is 18.8. The number of carbonyl (C=O) groups is 3. The van der Waals surface area contributed by atoms with Crippen molar-refractivity contribution in [3.8, 4) is 5.75 Å². The average Bonchev–Trinajstić information content (AvgIpc) is 2.81. The van der Waals surface area contributed by atoms with Crippen molar-refractivity contribution in [3.63, 3.8) is 0 Å². The smallest absolute Gasteiger partial charge is 0.223 e. The lowest BCUT2D eigenvalue weighted by Crippen LogP contribution is -2.52. The number of nitrogens with zero attached hydrogens (tertiary/aromatic N) is 1. The summed E-state index contributed by atoms with van der Waals surface area (Å²) in [5.41, 5.74) is 5.60. The van der Waals surface area contributed by atoms with Crippen LogP contribution in [0.2, 0.25) is 0 Å². The van der Waals surface area contributed by atoms with Crippen LogP contribution >= 0.6 is 0 Å². The Morgan fingerprint density at radius 3 is 2.47 bits per heavy atom. The van der Waals surface area contributed by atoms with Crippen molar-refractivity contribution in [2.24, 2.45) is 0 Å². The zero-order valence-corrected chi connectivity index (χ0v) is 20.2. The molecule has 1 spiro atoms. The van der Waals surface area contributed by atoms with E-state index in [4.69, 9.17) is 4.74 Å². The van der Waals surface area contributed by atoms with Gasteiger partial charge in [-0.1, -0.05) is 18.2 Å². The van der Waals surface area contributed by atoms with E-state index in [2.05, 4.69) is 6.07 Å². The van der Waals surface area contributed by atoms with Crippen LogP contribution in [-0.4, -0.2) is 41.1 Å². The summed E-state index contributed by atoms with van der Waals surface area (Å²) >= 11 is 0. The molecule has 2 aromatic carbocycles. The molecular weight excluding hydrogens is 426 g/mol. The van der Waals surface area contributed by atoms with Gasteiger partial charge in [-0.05, 0) is 73.9 Å². The minimum Gasteiger partial charge on any atom is -0.486 e. The van der Waals surface area contributed by atoms with Crippen LogP contribution in [0.3, 0.4) is 0 Å². The van der Waals surface area contributed by atoms with Crippen molar-refractivity contribution >= 4 is 17.5 Å². The molecule has 5 nitrogen and oxygen atoms in total. The number of benzene rings is 2. The predicted octanol–water partition coefficient (Wildman–Crippen LogP) is 5.17. The number of carbonyl (C=O) groups excluding carboxylic acids is 3. The first kappa shape index (κ1) is 22.8. The molecule has 0 atom stereocenters. The Morgan fingerprint density at radius 2 is 1.71 bits per heavy atom. The van der Waals surface area contributed by atoms with Gasteiger partial charge in [0.15, 0.2) is 11.6 Å². The van der Waals surface area contributed by atoms with Gasteiger partial charge < -0.3 is 9.64 Å². The van der Waals surface area contributed by atoms with Gasteiger partial charge in [-0.25, -0.2) is 0 Å². The summed E-state index contributed by atoms with van der Waals surface area (Å²) < 4.78 is 6.41.